The number of guanidine groups is 1. The number of hydrogen-bond acceptors (Lipinski definition) is 3. The van der Waals surface area contributed by atoms with Gasteiger partial charge in [0.1, 0.15) is 9.84 Å². The van der Waals surface area contributed by atoms with Crippen LogP contribution in [0.2, 0.25) is 0 Å². The lowest BCUT2D eigenvalue weighted by atomic mass is 9.85. The average molecular weight is 453 g/mol. The van der Waals surface area contributed by atoms with Gasteiger partial charge in [-0.3, -0.25) is 4.99 Å². The highest BCUT2D eigenvalue weighted by Gasteiger charge is 2.20. The zero-order valence-corrected chi connectivity index (χ0v) is 17.4. The molecular formula is C16H28IN3O2S. The van der Waals surface area contributed by atoms with E-state index < -0.39 is 9.84 Å². The third kappa shape index (κ3) is 9.14. The molecule has 1 rings (SSSR count). The summed E-state index contributed by atoms with van der Waals surface area (Å²) in [6.45, 7) is 7.98. The summed E-state index contributed by atoms with van der Waals surface area (Å²) in [4.78, 5) is 4.58. The molecule has 0 heterocycles. The smallest absolute Gasteiger partial charge is 0.191 e. The molecule has 0 aliphatic rings. The minimum absolute atomic E-state index is 0. The van der Waals surface area contributed by atoms with Gasteiger partial charge in [-0.25, -0.2) is 8.42 Å². The van der Waals surface area contributed by atoms with Gasteiger partial charge in [-0.05, 0) is 12.5 Å². The molecule has 0 bridgehead atoms. The van der Waals surface area contributed by atoms with Crippen LogP contribution in [0.1, 0.15) is 26.3 Å². The van der Waals surface area contributed by atoms with Gasteiger partial charge >= 0.3 is 0 Å². The molecule has 1 aromatic rings. The molecule has 2 N–H and O–H groups in total. The van der Waals surface area contributed by atoms with Crippen LogP contribution in [-0.4, -0.2) is 46.0 Å². The van der Waals surface area contributed by atoms with Gasteiger partial charge in [0, 0.05) is 24.8 Å². The Labute approximate surface area is 157 Å². The van der Waals surface area contributed by atoms with Crippen molar-refractivity contribution in [3.05, 3.63) is 35.9 Å². The third-order valence-electron chi connectivity index (χ3n) is 3.30. The summed E-state index contributed by atoms with van der Waals surface area (Å²) in [5.41, 5.74) is 1.14. The Balaban J connectivity index is 0.00000484. The SMILES string of the molecule is CCNC(=NCC(C)(C)c1ccccc1)NCCS(C)(=O)=O.I. The molecule has 23 heavy (non-hydrogen) atoms. The van der Waals surface area contributed by atoms with Crippen molar-refractivity contribution in [3.8, 4) is 0 Å². The van der Waals surface area contributed by atoms with E-state index in [9.17, 15) is 8.42 Å². The molecule has 5 nitrogen and oxygen atoms in total. The van der Waals surface area contributed by atoms with E-state index in [2.05, 4.69) is 41.6 Å². The number of hydrogen-bond donors (Lipinski definition) is 2. The van der Waals surface area contributed by atoms with E-state index in [1.807, 2.05) is 25.1 Å². The van der Waals surface area contributed by atoms with Crippen LogP contribution in [0.5, 0.6) is 0 Å². The lowest BCUT2D eigenvalue weighted by Gasteiger charge is -2.23. The largest absolute Gasteiger partial charge is 0.357 e. The second-order valence-corrected chi connectivity index (χ2v) is 8.26. The van der Waals surface area contributed by atoms with E-state index in [4.69, 9.17) is 0 Å². The summed E-state index contributed by atoms with van der Waals surface area (Å²) in [6, 6.07) is 10.2. The van der Waals surface area contributed by atoms with Crippen LogP contribution in [0, 0.1) is 0 Å². The molecule has 132 valence electrons. The van der Waals surface area contributed by atoms with Crippen molar-refractivity contribution in [1.29, 1.82) is 0 Å². The summed E-state index contributed by atoms with van der Waals surface area (Å²) in [7, 11) is -2.97. The molecule has 0 fully saturated rings. The Morgan fingerprint density at radius 3 is 2.30 bits per heavy atom. The van der Waals surface area contributed by atoms with E-state index in [1.54, 1.807) is 0 Å². The standard InChI is InChI=1S/C16H27N3O2S.HI/c1-5-17-15(18-11-12-22(4,20)21)19-13-16(2,3)14-9-7-6-8-10-14;/h6-10H,5,11-13H2,1-4H3,(H2,17,18,19);1H. The summed E-state index contributed by atoms with van der Waals surface area (Å²) in [5.74, 6) is 0.745. The van der Waals surface area contributed by atoms with Gasteiger partial charge in [-0.1, -0.05) is 44.2 Å². The number of sulfone groups is 1. The first kappa shape index (κ1) is 22.2. The highest BCUT2D eigenvalue weighted by Crippen LogP contribution is 2.22. The second-order valence-electron chi connectivity index (χ2n) is 6.00. The van der Waals surface area contributed by atoms with E-state index in [0.717, 1.165) is 6.54 Å². The highest BCUT2D eigenvalue weighted by molar-refractivity contribution is 14.0. The zero-order chi connectivity index (χ0) is 16.6. The first-order valence-electron chi connectivity index (χ1n) is 7.50. The molecule has 0 aromatic heterocycles. The molecule has 0 amide bonds. The fraction of sp³-hybridized carbons (Fsp3) is 0.562. The van der Waals surface area contributed by atoms with Crippen molar-refractivity contribution in [1.82, 2.24) is 10.6 Å². The first-order chi connectivity index (χ1) is 10.2. The van der Waals surface area contributed by atoms with Crippen molar-refractivity contribution < 1.29 is 8.42 Å². The van der Waals surface area contributed by atoms with Gasteiger partial charge in [0.2, 0.25) is 0 Å². The molecule has 0 aliphatic carbocycles. The number of benzene rings is 1. The lowest BCUT2D eigenvalue weighted by molar-refractivity contribution is 0.537. The van der Waals surface area contributed by atoms with E-state index >= 15 is 0 Å². The number of nitrogens with zero attached hydrogens (tertiary/aromatic N) is 1. The normalized spacial score (nSPS) is 12.4. The number of nitrogens with one attached hydrogen (secondary N) is 2. The fourth-order valence-electron chi connectivity index (χ4n) is 1.95. The van der Waals surface area contributed by atoms with E-state index in [0.29, 0.717) is 19.0 Å². The molecule has 0 saturated carbocycles. The number of halogens is 1. The van der Waals surface area contributed by atoms with Gasteiger partial charge in [0.25, 0.3) is 0 Å². The first-order valence-corrected chi connectivity index (χ1v) is 9.56. The van der Waals surface area contributed by atoms with Crippen LogP contribution in [0.4, 0.5) is 0 Å². The van der Waals surface area contributed by atoms with Crippen LogP contribution in [-0.2, 0) is 15.3 Å². The van der Waals surface area contributed by atoms with Gasteiger partial charge in [0.15, 0.2) is 5.96 Å². The maximum Gasteiger partial charge on any atom is 0.191 e. The van der Waals surface area contributed by atoms with Crippen molar-refractivity contribution in [2.45, 2.75) is 26.2 Å². The van der Waals surface area contributed by atoms with Crippen LogP contribution in [0.25, 0.3) is 0 Å². The third-order valence-corrected chi connectivity index (χ3v) is 4.24. The zero-order valence-electron chi connectivity index (χ0n) is 14.3. The topological polar surface area (TPSA) is 70.6 Å². The number of rotatable bonds is 7. The molecule has 0 atom stereocenters. The predicted molar refractivity (Wildman–Crippen MR) is 109 cm³/mol. The van der Waals surface area contributed by atoms with Crippen LogP contribution in [0.15, 0.2) is 35.3 Å². The minimum atomic E-state index is -2.97. The van der Waals surface area contributed by atoms with Gasteiger partial charge in [0.05, 0.1) is 12.3 Å². The van der Waals surface area contributed by atoms with Crippen LogP contribution in [0.3, 0.4) is 0 Å². The number of aliphatic imine (C=N–C) groups is 1. The van der Waals surface area contributed by atoms with Crippen molar-refractivity contribution in [2.75, 3.05) is 31.6 Å². The summed E-state index contributed by atoms with van der Waals surface area (Å²) in [6.07, 6.45) is 1.23. The maximum absolute atomic E-state index is 11.2. The molecule has 0 aliphatic heterocycles. The minimum Gasteiger partial charge on any atom is -0.357 e. The van der Waals surface area contributed by atoms with Gasteiger partial charge < -0.3 is 10.6 Å². The monoisotopic (exact) mass is 453 g/mol. The Bertz CT molecular complexity index is 587. The molecular weight excluding hydrogens is 425 g/mol. The second kappa shape index (κ2) is 10.1. The van der Waals surface area contributed by atoms with Crippen molar-refractivity contribution in [3.63, 3.8) is 0 Å². The fourth-order valence-corrected chi connectivity index (χ4v) is 2.43. The van der Waals surface area contributed by atoms with Gasteiger partial charge in [-0.15, -0.1) is 24.0 Å². The maximum atomic E-state index is 11.2. The van der Waals surface area contributed by atoms with Crippen LogP contribution >= 0.6 is 24.0 Å². The molecule has 7 heteroatoms. The summed E-state index contributed by atoms with van der Waals surface area (Å²) in [5, 5.41) is 6.20. The average Bonchev–Trinajstić information content (AvgIpc) is 2.44. The predicted octanol–water partition coefficient (Wildman–Crippen LogP) is 2.18. The molecule has 1 aromatic carbocycles. The van der Waals surface area contributed by atoms with E-state index in [1.165, 1.54) is 11.8 Å². The van der Waals surface area contributed by atoms with Crippen molar-refractivity contribution in [2.24, 2.45) is 4.99 Å². The summed E-state index contributed by atoms with van der Waals surface area (Å²) >= 11 is 0. The molecule has 0 radical (unpaired) electrons. The Morgan fingerprint density at radius 2 is 1.78 bits per heavy atom. The molecule has 0 unspecified atom stereocenters. The Kier molecular flexibility index (Phi) is 9.76. The quantitative estimate of drug-likeness (QED) is 0.377. The molecule has 0 saturated heterocycles. The van der Waals surface area contributed by atoms with Crippen molar-refractivity contribution >= 4 is 39.8 Å². The lowest BCUT2D eigenvalue weighted by Crippen LogP contribution is -2.40. The highest BCUT2D eigenvalue weighted by atomic mass is 127. The molecule has 0 spiro atoms. The van der Waals surface area contributed by atoms with E-state index in [-0.39, 0.29) is 35.1 Å². The van der Waals surface area contributed by atoms with Crippen LogP contribution < -0.4 is 10.6 Å². The van der Waals surface area contributed by atoms with Gasteiger partial charge in [-0.2, -0.15) is 0 Å². The Hall–Kier alpha value is -0.830. The Morgan fingerprint density at radius 1 is 1.17 bits per heavy atom. The summed E-state index contributed by atoms with van der Waals surface area (Å²) < 4.78 is 22.3.